The molecule has 1 aliphatic rings. The number of hydrogen-bond acceptors (Lipinski definition) is 4. The maximum Gasteiger partial charge on any atom is 0.492 e. The average molecular weight is 355 g/mol. The minimum Gasteiger partial charge on any atom is -0.413 e. The van der Waals surface area contributed by atoms with Gasteiger partial charge >= 0.3 is 12.1 Å². The van der Waals surface area contributed by atoms with Gasteiger partial charge in [-0.15, -0.1) is 5.48 Å². The molecular weight excluding hydrogens is 327 g/mol. The number of hydrogen-bond donors (Lipinski definition) is 1. The SMILES string of the molecule is CC(C)[Si](OC1CC(NOC(=O)C(F)(F)F)C1)(C(C)C)C(C)C. The summed E-state index contributed by atoms with van der Waals surface area (Å²) in [6.45, 7) is 13.1. The van der Waals surface area contributed by atoms with Gasteiger partial charge in [0.15, 0.2) is 0 Å². The zero-order valence-corrected chi connectivity index (χ0v) is 15.7. The third-order valence-electron chi connectivity index (χ3n) is 4.72. The van der Waals surface area contributed by atoms with E-state index >= 15 is 0 Å². The Bertz CT molecular complexity index is 385. The number of hydroxylamine groups is 1. The van der Waals surface area contributed by atoms with Gasteiger partial charge in [-0.25, -0.2) is 4.79 Å². The molecule has 1 fully saturated rings. The molecule has 1 aliphatic carbocycles. The molecule has 0 bridgehead atoms. The molecule has 1 saturated carbocycles. The summed E-state index contributed by atoms with van der Waals surface area (Å²) >= 11 is 0. The molecule has 0 amide bonds. The van der Waals surface area contributed by atoms with Gasteiger partial charge in [0.25, 0.3) is 0 Å². The van der Waals surface area contributed by atoms with Gasteiger partial charge in [-0.3, -0.25) is 0 Å². The molecule has 8 heteroatoms. The van der Waals surface area contributed by atoms with Crippen LogP contribution in [0, 0.1) is 0 Å². The van der Waals surface area contributed by atoms with Crippen LogP contribution >= 0.6 is 0 Å². The Morgan fingerprint density at radius 2 is 1.48 bits per heavy atom. The monoisotopic (exact) mass is 355 g/mol. The van der Waals surface area contributed by atoms with Crippen LogP contribution in [0.5, 0.6) is 0 Å². The molecular formula is C15H28F3NO3Si. The fourth-order valence-electron chi connectivity index (χ4n) is 3.65. The van der Waals surface area contributed by atoms with Gasteiger partial charge in [0, 0.05) is 12.1 Å². The third kappa shape index (κ3) is 4.70. The number of halogens is 3. The molecule has 0 radical (unpaired) electrons. The number of nitrogens with one attached hydrogen (secondary N) is 1. The molecule has 0 aliphatic heterocycles. The first-order valence-corrected chi connectivity index (χ1v) is 10.3. The molecule has 0 spiro atoms. The molecule has 0 aromatic heterocycles. The van der Waals surface area contributed by atoms with Crippen molar-refractivity contribution in [2.45, 2.75) is 89.3 Å². The molecule has 1 N–H and O–H groups in total. The van der Waals surface area contributed by atoms with Gasteiger partial charge in [0.05, 0.1) is 0 Å². The largest absolute Gasteiger partial charge is 0.492 e. The van der Waals surface area contributed by atoms with Gasteiger partial charge in [-0.2, -0.15) is 13.2 Å². The summed E-state index contributed by atoms with van der Waals surface area (Å²) < 4.78 is 42.7. The molecule has 0 saturated heterocycles. The lowest BCUT2D eigenvalue weighted by atomic mass is 9.90. The average Bonchev–Trinajstić information content (AvgIpc) is 2.33. The molecule has 23 heavy (non-hydrogen) atoms. The maximum atomic E-state index is 12.1. The topological polar surface area (TPSA) is 47.6 Å². The minimum atomic E-state index is -4.97. The highest BCUT2D eigenvalue weighted by atomic mass is 28.4. The van der Waals surface area contributed by atoms with Crippen LogP contribution in [0.2, 0.25) is 16.6 Å². The van der Waals surface area contributed by atoms with Crippen LogP contribution in [0.15, 0.2) is 0 Å². The molecule has 136 valence electrons. The highest BCUT2D eigenvalue weighted by Gasteiger charge is 2.49. The second-order valence-electron chi connectivity index (χ2n) is 7.23. The summed E-state index contributed by atoms with van der Waals surface area (Å²) in [5.41, 5.74) is 3.56. The van der Waals surface area contributed by atoms with Crippen molar-refractivity contribution in [1.29, 1.82) is 0 Å². The smallest absolute Gasteiger partial charge is 0.413 e. The van der Waals surface area contributed by atoms with E-state index in [1.165, 1.54) is 0 Å². The van der Waals surface area contributed by atoms with Gasteiger partial charge in [0.1, 0.15) is 0 Å². The van der Waals surface area contributed by atoms with Crippen LogP contribution in [-0.2, 0) is 14.1 Å². The lowest BCUT2D eigenvalue weighted by Gasteiger charge is -2.48. The van der Waals surface area contributed by atoms with Crippen LogP contribution in [0.3, 0.4) is 0 Å². The first kappa shape index (κ1) is 20.4. The van der Waals surface area contributed by atoms with Gasteiger partial charge in [0.2, 0.25) is 8.32 Å². The lowest BCUT2D eigenvalue weighted by Crippen LogP contribution is -2.56. The van der Waals surface area contributed by atoms with Gasteiger partial charge < -0.3 is 9.26 Å². The summed E-state index contributed by atoms with van der Waals surface area (Å²) in [6, 6.07) is -0.274. The Labute approximate surface area is 137 Å². The second-order valence-corrected chi connectivity index (χ2v) is 12.6. The van der Waals surface area contributed by atoms with E-state index < -0.39 is 20.5 Å². The predicted octanol–water partition coefficient (Wildman–Crippen LogP) is 4.32. The van der Waals surface area contributed by atoms with Crippen LogP contribution in [0.25, 0.3) is 0 Å². The fourth-order valence-corrected chi connectivity index (χ4v) is 9.24. The van der Waals surface area contributed by atoms with Gasteiger partial charge in [-0.05, 0) is 29.5 Å². The van der Waals surface area contributed by atoms with E-state index in [4.69, 9.17) is 4.43 Å². The number of carbonyl (C=O) groups excluding carboxylic acids is 1. The van der Waals surface area contributed by atoms with Crippen molar-refractivity contribution < 1.29 is 27.2 Å². The second kappa shape index (κ2) is 7.52. The van der Waals surface area contributed by atoms with Crippen LogP contribution in [-0.4, -0.2) is 32.6 Å². The summed E-state index contributed by atoms with van der Waals surface area (Å²) in [5, 5.41) is 0. The van der Waals surface area contributed by atoms with E-state index in [1.807, 2.05) is 0 Å². The standard InChI is InChI=1S/C15H28F3NO3Si/c1-9(2)23(10(3)4,11(5)6)22-13-7-12(8-13)19-21-14(20)15(16,17)18/h9-13,19H,7-8H2,1-6H3. The fraction of sp³-hybridized carbons (Fsp3) is 0.933. The molecule has 4 nitrogen and oxygen atoms in total. The van der Waals surface area contributed by atoms with E-state index in [0.29, 0.717) is 29.5 Å². The van der Waals surface area contributed by atoms with E-state index in [1.54, 1.807) is 0 Å². The Kier molecular flexibility index (Phi) is 6.69. The maximum absolute atomic E-state index is 12.1. The molecule has 0 aromatic rings. The van der Waals surface area contributed by atoms with E-state index in [9.17, 15) is 18.0 Å². The van der Waals surface area contributed by atoms with E-state index in [0.717, 1.165) is 0 Å². The van der Waals surface area contributed by atoms with Crippen LogP contribution in [0.1, 0.15) is 54.4 Å². The highest BCUT2D eigenvalue weighted by molar-refractivity contribution is 6.77. The first-order valence-electron chi connectivity index (χ1n) is 8.12. The van der Waals surface area contributed by atoms with Crippen molar-refractivity contribution in [1.82, 2.24) is 5.48 Å². The summed E-state index contributed by atoms with van der Waals surface area (Å²) in [7, 11) is -1.98. The summed E-state index contributed by atoms with van der Waals surface area (Å²) in [5.74, 6) is -2.21. The Morgan fingerprint density at radius 3 is 1.83 bits per heavy atom. The number of rotatable bonds is 7. The normalized spacial score (nSPS) is 22.6. The van der Waals surface area contributed by atoms with Crippen molar-refractivity contribution in [3.8, 4) is 0 Å². The Hall–Kier alpha value is -0.603. The Morgan fingerprint density at radius 1 is 1.04 bits per heavy atom. The van der Waals surface area contributed by atoms with Crippen molar-refractivity contribution >= 4 is 14.3 Å². The summed E-state index contributed by atoms with van der Waals surface area (Å²) in [4.78, 5) is 14.7. The molecule has 0 heterocycles. The number of alkyl halides is 3. The zero-order valence-electron chi connectivity index (χ0n) is 14.7. The predicted molar refractivity (Wildman–Crippen MR) is 84.2 cm³/mol. The quantitative estimate of drug-likeness (QED) is 0.546. The minimum absolute atomic E-state index is 0.0240. The molecule has 0 unspecified atom stereocenters. The van der Waals surface area contributed by atoms with Crippen molar-refractivity contribution in [3.05, 3.63) is 0 Å². The lowest BCUT2D eigenvalue weighted by molar-refractivity contribution is -0.210. The van der Waals surface area contributed by atoms with Gasteiger partial charge in [-0.1, -0.05) is 41.5 Å². The van der Waals surface area contributed by atoms with E-state index in [-0.39, 0.29) is 12.1 Å². The first-order chi connectivity index (χ1) is 10.4. The molecule has 0 aromatic carbocycles. The highest BCUT2D eigenvalue weighted by Crippen LogP contribution is 2.45. The van der Waals surface area contributed by atoms with Crippen molar-refractivity contribution in [2.75, 3.05) is 0 Å². The number of carbonyl (C=O) groups is 1. The summed E-state index contributed by atoms with van der Waals surface area (Å²) in [6.07, 6.45) is -3.82. The van der Waals surface area contributed by atoms with Crippen molar-refractivity contribution in [3.63, 3.8) is 0 Å². The van der Waals surface area contributed by atoms with E-state index in [2.05, 4.69) is 51.9 Å². The third-order valence-corrected chi connectivity index (χ3v) is 10.9. The van der Waals surface area contributed by atoms with Crippen molar-refractivity contribution in [2.24, 2.45) is 0 Å². The van der Waals surface area contributed by atoms with Crippen LogP contribution in [0.4, 0.5) is 13.2 Å². The zero-order chi connectivity index (χ0) is 18.0. The van der Waals surface area contributed by atoms with Crippen LogP contribution < -0.4 is 5.48 Å². The Balaban J connectivity index is 2.51. The molecule has 0 atom stereocenters. The molecule has 1 rings (SSSR count).